The predicted octanol–water partition coefficient (Wildman–Crippen LogP) is 4.79. The summed E-state index contributed by atoms with van der Waals surface area (Å²) in [5.74, 6) is -0.181. The van der Waals surface area contributed by atoms with Crippen LogP contribution in [0.4, 0.5) is 5.69 Å². The van der Waals surface area contributed by atoms with Gasteiger partial charge in [0.05, 0.1) is 6.21 Å². The van der Waals surface area contributed by atoms with E-state index < -0.39 is 11.5 Å². The van der Waals surface area contributed by atoms with Gasteiger partial charge in [-0.1, -0.05) is 73.7 Å². The topological polar surface area (TPSA) is 64.9 Å². The van der Waals surface area contributed by atoms with E-state index in [-0.39, 0.29) is 5.54 Å². The lowest BCUT2D eigenvalue weighted by atomic mass is 9.80. The Labute approximate surface area is 195 Å². The third-order valence-electron chi connectivity index (χ3n) is 6.75. The second-order valence-corrected chi connectivity index (χ2v) is 9.44. The number of hydrazone groups is 1. The smallest absolute Gasteiger partial charge is 0.281 e. The Hall–Kier alpha value is -3.44. The van der Waals surface area contributed by atoms with E-state index in [9.17, 15) is 9.90 Å². The summed E-state index contributed by atoms with van der Waals surface area (Å²) in [6.45, 7) is 6.77. The van der Waals surface area contributed by atoms with Crippen molar-refractivity contribution >= 4 is 17.8 Å². The fourth-order valence-corrected chi connectivity index (χ4v) is 4.71. The standard InChI is InChI=1S/C28H31N3O2/c1-20-18-27(2,3)31(4)25-16-15-21(17-24(20)25)19-29-30-26(32)28(33,22-11-7-5-8-12-22)23-13-9-6-10-14-23/h5-17,19-20,33H,18H2,1-4H3,(H,30,32)/b29-19-/t20-/m1/s1. The lowest BCUT2D eigenvalue weighted by Gasteiger charge is -2.45. The Morgan fingerprint density at radius 1 is 1.06 bits per heavy atom. The first-order valence-electron chi connectivity index (χ1n) is 11.3. The molecule has 3 aromatic rings. The molecular formula is C28H31N3O2. The zero-order chi connectivity index (χ0) is 23.6. The van der Waals surface area contributed by atoms with Crippen LogP contribution in [0.25, 0.3) is 0 Å². The molecule has 0 aromatic heterocycles. The van der Waals surface area contributed by atoms with Crippen LogP contribution in [-0.2, 0) is 10.4 Å². The fourth-order valence-electron chi connectivity index (χ4n) is 4.71. The van der Waals surface area contributed by atoms with Crippen molar-refractivity contribution < 1.29 is 9.90 Å². The van der Waals surface area contributed by atoms with Crippen LogP contribution in [0.15, 0.2) is 84.0 Å². The van der Waals surface area contributed by atoms with Gasteiger partial charge in [-0.15, -0.1) is 0 Å². The van der Waals surface area contributed by atoms with Crippen molar-refractivity contribution in [3.05, 3.63) is 101 Å². The molecule has 0 radical (unpaired) electrons. The van der Waals surface area contributed by atoms with E-state index in [0.717, 1.165) is 12.0 Å². The van der Waals surface area contributed by atoms with Gasteiger partial charge in [-0.2, -0.15) is 5.10 Å². The van der Waals surface area contributed by atoms with Crippen LogP contribution in [0.1, 0.15) is 55.4 Å². The first-order chi connectivity index (χ1) is 15.7. The number of anilines is 1. The Bertz CT molecular complexity index is 1120. The summed E-state index contributed by atoms with van der Waals surface area (Å²) in [4.78, 5) is 15.5. The normalized spacial score (nSPS) is 17.6. The minimum Gasteiger partial charge on any atom is -0.372 e. The van der Waals surface area contributed by atoms with Crippen molar-refractivity contribution in [2.24, 2.45) is 5.10 Å². The molecule has 0 saturated heterocycles. The number of hydrogen-bond donors (Lipinski definition) is 2. The number of carbonyl (C=O) groups is 1. The number of amides is 1. The second-order valence-electron chi connectivity index (χ2n) is 9.44. The monoisotopic (exact) mass is 441 g/mol. The molecule has 0 spiro atoms. The predicted molar refractivity (Wildman–Crippen MR) is 134 cm³/mol. The highest BCUT2D eigenvalue weighted by Crippen LogP contribution is 2.42. The van der Waals surface area contributed by atoms with Crippen LogP contribution in [0, 0.1) is 0 Å². The van der Waals surface area contributed by atoms with Gasteiger partial charge < -0.3 is 10.0 Å². The van der Waals surface area contributed by atoms with Crippen molar-refractivity contribution in [1.29, 1.82) is 0 Å². The van der Waals surface area contributed by atoms with E-state index in [1.54, 1.807) is 54.7 Å². The summed E-state index contributed by atoms with van der Waals surface area (Å²) in [6.07, 6.45) is 2.69. The first kappa shape index (κ1) is 22.7. The second kappa shape index (κ2) is 8.83. The highest BCUT2D eigenvalue weighted by atomic mass is 16.3. The molecule has 1 aliphatic heterocycles. The quantitative estimate of drug-likeness (QED) is 0.442. The molecule has 0 unspecified atom stereocenters. The van der Waals surface area contributed by atoms with Crippen LogP contribution in [-0.4, -0.2) is 29.8 Å². The maximum absolute atomic E-state index is 13.2. The molecule has 1 atom stereocenters. The Morgan fingerprint density at radius 2 is 1.64 bits per heavy atom. The molecule has 3 aromatic carbocycles. The number of rotatable bonds is 5. The SMILES string of the molecule is C[C@@H]1CC(C)(C)N(C)c2ccc(/C=N\NC(=O)C(O)(c3ccccc3)c3ccccc3)cc21. The van der Waals surface area contributed by atoms with E-state index in [0.29, 0.717) is 17.0 Å². The summed E-state index contributed by atoms with van der Waals surface area (Å²) in [5.41, 5.74) is 5.18. The summed E-state index contributed by atoms with van der Waals surface area (Å²) in [6, 6.07) is 24.1. The summed E-state index contributed by atoms with van der Waals surface area (Å²) >= 11 is 0. The molecule has 170 valence electrons. The number of aliphatic hydroxyl groups is 1. The van der Waals surface area contributed by atoms with Crippen molar-refractivity contribution in [2.75, 3.05) is 11.9 Å². The van der Waals surface area contributed by atoms with Crippen LogP contribution in [0.3, 0.4) is 0 Å². The van der Waals surface area contributed by atoms with E-state index in [1.807, 2.05) is 18.2 Å². The molecule has 1 heterocycles. The number of benzene rings is 3. The van der Waals surface area contributed by atoms with Gasteiger partial charge in [0, 0.05) is 18.3 Å². The minimum atomic E-state index is -1.85. The molecule has 0 saturated carbocycles. The summed E-state index contributed by atoms with van der Waals surface area (Å²) in [7, 11) is 2.13. The van der Waals surface area contributed by atoms with Crippen LogP contribution in [0.5, 0.6) is 0 Å². The van der Waals surface area contributed by atoms with Crippen molar-refractivity contribution in [3.63, 3.8) is 0 Å². The average Bonchev–Trinajstić information content (AvgIpc) is 2.83. The number of hydrogen-bond acceptors (Lipinski definition) is 4. The molecule has 4 rings (SSSR count). The Balaban J connectivity index is 1.58. The molecule has 0 bridgehead atoms. The van der Waals surface area contributed by atoms with Gasteiger partial charge in [0.25, 0.3) is 5.91 Å². The first-order valence-corrected chi connectivity index (χ1v) is 11.3. The van der Waals surface area contributed by atoms with Crippen molar-refractivity contribution in [2.45, 2.75) is 44.2 Å². The van der Waals surface area contributed by atoms with Gasteiger partial charge in [0.1, 0.15) is 0 Å². The van der Waals surface area contributed by atoms with E-state index in [1.165, 1.54) is 11.3 Å². The highest BCUT2D eigenvalue weighted by Gasteiger charge is 2.40. The minimum absolute atomic E-state index is 0.106. The highest BCUT2D eigenvalue weighted by molar-refractivity contribution is 5.91. The lowest BCUT2D eigenvalue weighted by molar-refractivity contribution is -0.136. The molecule has 5 heteroatoms. The molecule has 33 heavy (non-hydrogen) atoms. The molecule has 0 fully saturated rings. The van der Waals surface area contributed by atoms with E-state index >= 15 is 0 Å². The maximum atomic E-state index is 13.2. The van der Waals surface area contributed by atoms with Gasteiger partial charge in [0.15, 0.2) is 5.60 Å². The largest absolute Gasteiger partial charge is 0.372 e. The van der Waals surface area contributed by atoms with Crippen LogP contribution in [0.2, 0.25) is 0 Å². The number of nitrogens with one attached hydrogen (secondary N) is 1. The third-order valence-corrected chi connectivity index (χ3v) is 6.75. The molecule has 1 aliphatic rings. The molecule has 5 nitrogen and oxygen atoms in total. The molecule has 2 N–H and O–H groups in total. The van der Waals surface area contributed by atoms with Crippen LogP contribution < -0.4 is 10.3 Å². The fraction of sp³-hybridized carbons (Fsp3) is 0.286. The Kier molecular flexibility index (Phi) is 6.09. The zero-order valence-electron chi connectivity index (χ0n) is 19.6. The average molecular weight is 442 g/mol. The van der Waals surface area contributed by atoms with E-state index in [4.69, 9.17) is 0 Å². The summed E-state index contributed by atoms with van der Waals surface area (Å²) in [5, 5.41) is 15.7. The lowest BCUT2D eigenvalue weighted by Crippen LogP contribution is -2.45. The molecule has 1 amide bonds. The van der Waals surface area contributed by atoms with Crippen LogP contribution >= 0.6 is 0 Å². The van der Waals surface area contributed by atoms with Gasteiger partial charge in [0.2, 0.25) is 0 Å². The zero-order valence-corrected chi connectivity index (χ0v) is 19.6. The van der Waals surface area contributed by atoms with E-state index in [2.05, 4.69) is 55.4 Å². The number of fused-ring (bicyclic) bond motifs is 1. The van der Waals surface area contributed by atoms with Gasteiger partial charge >= 0.3 is 0 Å². The molecule has 0 aliphatic carbocycles. The maximum Gasteiger partial charge on any atom is 0.281 e. The van der Waals surface area contributed by atoms with Gasteiger partial charge in [-0.25, -0.2) is 5.43 Å². The van der Waals surface area contributed by atoms with Gasteiger partial charge in [-0.3, -0.25) is 4.79 Å². The summed E-state index contributed by atoms with van der Waals surface area (Å²) < 4.78 is 0. The molecular weight excluding hydrogens is 410 g/mol. The number of nitrogens with zero attached hydrogens (tertiary/aromatic N) is 2. The van der Waals surface area contributed by atoms with Crippen molar-refractivity contribution in [1.82, 2.24) is 5.43 Å². The Morgan fingerprint density at radius 3 is 2.21 bits per heavy atom. The number of carbonyl (C=O) groups excluding carboxylic acids is 1. The third kappa shape index (κ3) is 4.29. The van der Waals surface area contributed by atoms with Crippen molar-refractivity contribution in [3.8, 4) is 0 Å². The van der Waals surface area contributed by atoms with Gasteiger partial charge in [-0.05, 0) is 60.6 Å².